The fourth-order valence-electron chi connectivity index (χ4n) is 2.15. The highest BCUT2D eigenvalue weighted by molar-refractivity contribution is 5.95. The van der Waals surface area contributed by atoms with Crippen molar-refractivity contribution in [2.45, 2.75) is 19.9 Å². The number of halogens is 1. The van der Waals surface area contributed by atoms with Crippen LogP contribution < -0.4 is 5.73 Å². The Morgan fingerprint density at radius 1 is 1.19 bits per heavy atom. The average molecular weight is 286 g/mol. The second-order valence-electron chi connectivity index (χ2n) is 5.21. The maximum atomic E-state index is 13.0. The van der Waals surface area contributed by atoms with Crippen LogP contribution in [0.25, 0.3) is 0 Å². The average Bonchev–Trinajstić information content (AvgIpc) is 2.48. The summed E-state index contributed by atoms with van der Waals surface area (Å²) >= 11 is 0. The van der Waals surface area contributed by atoms with Crippen LogP contribution in [0.3, 0.4) is 0 Å². The number of amides is 1. The van der Waals surface area contributed by atoms with Crippen molar-refractivity contribution < 1.29 is 9.18 Å². The smallest absolute Gasteiger partial charge is 0.254 e. The minimum atomic E-state index is -0.283. The molecule has 4 heteroatoms. The van der Waals surface area contributed by atoms with Gasteiger partial charge in [-0.3, -0.25) is 4.79 Å². The normalized spacial score (nSPS) is 12.0. The molecule has 2 aromatic rings. The lowest BCUT2D eigenvalue weighted by Crippen LogP contribution is -2.29. The Morgan fingerprint density at radius 2 is 1.81 bits per heavy atom. The molecule has 2 N–H and O–H groups in total. The van der Waals surface area contributed by atoms with Gasteiger partial charge in [0.2, 0.25) is 0 Å². The summed E-state index contributed by atoms with van der Waals surface area (Å²) in [6.07, 6.45) is 0. The van der Waals surface area contributed by atoms with E-state index in [1.165, 1.54) is 12.1 Å². The zero-order valence-electron chi connectivity index (χ0n) is 12.4. The standard InChI is InChI=1S/C17H19FN2O/c1-11-10-14(6-9-16(11)19)17(21)20(3)12(2)13-4-7-15(18)8-5-13/h4-10,12H,19H2,1-3H3. The van der Waals surface area contributed by atoms with Gasteiger partial charge in [-0.2, -0.15) is 0 Å². The Morgan fingerprint density at radius 3 is 2.38 bits per heavy atom. The molecule has 0 fully saturated rings. The molecule has 1 atom stereocenters. The molecule has 0 saturated carbocycles. The minimum Gasteiger partial charge on any atom is -0.399 e. The predicted molar refractivity (Wildman–Crippen MR) is 82.5 cm³/mol. The molecule has 110 valence electrons. The molecule has 3 nitrogen and oxygen atoms in total. The predicted octanol–water partition coefficient (Wildman–Crippen LogP) is 3.55. The first-order chi connectivity index (χ1) is 9.90. The number of anilines is 1. The summed E-state index contributed by atoms with van der Waals surface area (Å²) < 4.78 is 13.0. The molecule has 2 aromatic carbocycles. The Hall–Kier alpha value is -2.36. The summed E-state index contributed by atoms with van der Waals surface area (Å²) in [5.74, 6) is -0.371. The van der Waals surface area contributed by atoms with Gasteiger partial charge in [0.15, 0.2) is 0 Å². The van der Waals surface area contributed by atoms with Crippen molar-refractivity contribution in [1.29, 1.82) is 0 Å². The van der Waals surface area contributed by atoms with Crippen molar-refractivity contribution >= 4 is 11.6 Å². The minimum absolute atomic E-state index is 0.0880. The van der Waals surface area contributed by atoms with Crippen LogP contribution in [-0.2, 0) is 0 Å². The van der Waals surface area contributed by atoms with E-state index < -0.39 is 0 Å². The maximum absolute atomic E-state index is 13.0. The lowest BCUT2D eigenvalue weighted by molar-refractivity contribution is 0.0742. The van der Waals surface area contributed by atoms with Crippen molar-refractivity contribution in [2.75, 3.05) is 12.8 Å². The molecule has 0 aliphatic heterocycles. The first-order valence-corrected chi connectivity index (χ1v) is 6.79. The van der Waals surface area contributed by atoms with Gasteiger partial charge in [-0.1, -0.05) is 12.1 Å². The lowest BCUT2D eigenvalue weighted by Gasteiger charge is -2.25. The third-order valence-corrected chi connectivity index (χ3v) is 3.77. The largest absolute Gasteiger partial charge is 0.399 e. The topological polar surface area (TPSA) is 46.3 Å². The van der Waals surface area contributed by atoms with Gasteiger partial charge < -0.3 is 10.6 Å². The van der Waals surface area contributed by atoms with E-state index in [0.717, 1.165) is 11.1 Å². The van der Waals surface area contributed by atoms with Crippen molar-refractivity contribution in [3.05, 3.63) is 65.0 Å². The molecule has 2 rings (SSSR count). The molecule has 0 saturated heterocycles. The van der Waals surface area contributed by atoms with Crippen molar-refractivity contribution in [3.63, 3.8) is 0 Å². The highest BCUT2D eigenvalue weighted by Gasteiger charge is 2.19. The number of carbonyl (C=O) groups is 1. The summed E-state index contributed by atoms with van der Waals surface area (Å²) in [5.41, 5.74) is 8.80. The molecule has 0 bridgehead atoms. The van der Waals surface area contributed by atoms with Gasteiger partial charge in [0.25, 0.3) is 5.91 Å². The second-order valence-corrected chi connectivity index (χ2v) is 5.21. The lowest BCUT2D eigenvalue weighted by atomic mass is 10.0. The van der Waals surface area contributed by atoms with Crippen LogP contribution in [0.4, 0.5) is 10.1 Å². The van der Waals surface area contributed by atoms with Crippen molar-refractivity contribution in [2.24, 2.45) is 0 Å². The molecular weight excluding hydrogens is 267 g/mol. The van der Waals surface area contributed by atoms with Gasteiger partial charge in [0.1, 0.15) is 5.82 Å². The molecule has 0 radical (unpaired) electrons. The fraction of sp³-hybridized carbons (Fsp3) is 0.235. The van der Waals surface area contributed by atoms with Gasteiger partial charge in [0, 0.05) is 18.3 Å². The van der Waals surface area contributed by atoms with Crippen LogP contribution in [0.15, 0.2) is 42.5 Å². The SMILES string of the molecule is Cc1cc(C(=O)N(C)C(C)c2ccc(F)cc2)ccc1N. The summed E-state index contributed by atoms with van der Waals surface area (Å²) in [6, 6.07) is 11.3. The van der Waals surface area contributed by atoms with E-state index in [1.807, 2.05) is 13.8 Å². The Labute approximate surface area is 124 Å². The molecular formula is C17H19FN2O. The van der Waals surface area contributed by atoms with E-state index in [0.29, 0.717) is 11.3 Å². The van der Waals surface area contributed by atoms with E-state index >= 15 is 0 Å². The van der Waals surface area contributed by atoms with E-state index in [9.17, 15) is 9.18 Å². The summed E-state index contributed by atoms with van der Waals surface area (Å²) in [5, 5.41) is 0. The number of benzene rings is 2. The van der Waals surface area contributed by atoms with Crippen LogP contribution in [0.2, 0.25) is 0 Å². The van der Waals surface area contributed by atoms with Crippen LogP contribution in [0, 0.1) is 12.7 Å². The number of nitrogens with zero attached hydrogens (tertiary/aromatic N) is 1. The maximum Gasteiger partial charge on any atom is 0.254 e. The van der Waals surface area contributed by atoms with Gasteiger partial charge >= 0.3 is 0 Å². The van der Waals surface area contributed by atoms with E-state index in [4.69, 9.17) is 5.73 Å². The Kier molecular flexibility index (Phi) is 4.26. The molecule has 0 spiro atoms. The third-order valence-electron chi connectivity index (χ3n) is 3.77. The number of nitrogens with two attached hydrogens (primary N) is 1. The molecule has 0 heterocycles. The summed E-state index contributed by atoms with van der Waals surface area (Å²) in [7, 11) is 1.74. The number of rotatable bonds is 3. The molecule has 1 unspecified atom stereocenters. The van der Waals surface area contributed by atoms with Crippen LogP contribution >= 0.6 is 0 Å². The molecule has 0 aromatic heterocycles. The van der Waals surface area contributed by atoms with Gasteiger partial charge in [-0.05, 0) is 55.3 Å². The van der Waals surface area contributed by atoms with Gasteiger partial charge in [-0.15, -0.1) is 0 Å². The molecule has 0 aliphatic carbocycles. The Bertz CT molecular complexity index is 652. The number of hydrogen-bond donors (Lipinski definition) is 1. The second kappa shape index (κ2) is 5.95. The monoisotopic (exact) mass is 286 g/mol. The molecule has 21 heavy (non-hydrogen) atoms. The number of carbonyl (C=O) groups excluding carboxylic acids is 1. The zero-order chi connectivity index (χ0) is 15.6. The van der Waals surface area contributed by atoms with E-state index in [-0.39, 0.29) is 17.8 Å². The van der Waals surface area contributed by atoms with Crippen LogP contribution in [-0.4, -0.2) is 17.9 Å². The first-order valence-electron chi connectivity index (χ1n) is 6.79. The van der Waals surface area contributed by atoms with Gasteiger partial charge in [0.05, 0.1) is 6.04 Å². The van der Waals surface area contributed by atoms with Gasteiger partial charge in [-0.25, -0.2) is 4.39 Å². The summed E-state index contributed by atoms with van der Waals surface area (Å²) in [4.78, 5) is 14.1. The van der Waals surface area contributed by atoms with Crippen LogP contribution in [0.1, 0.15) is 34.5 Å². The zero-order valence-corrected chi connectivity index (χ0v) is 12.4. The van der Waals surface area contributed by atoms with Crippen molar-refractivity contribution in [1.82, 2.24) is 4.90 Å². The highest BCUT2D eigenvalue weighted by Crippen LogP contribution is 2.22. The van der Waals surface area contributed by atoms with E-state index in [1.54, 1.807) is 42.3 Å². The number of nitrogen functional groups attached to an aromatic ring is 1. The molecule has 0 aliphatic rings. The quantitative estimate of drug-likeness (QED) is 0.877. The molecule has 1 amide bonds. The first kappa shape index (κ1) is 15.0. The summed E-state index contributed by atoms with van der Waals surface area (Å²) in [6.45, 7) is 3.78. The van der Waals surface area contributed by atoms with E-state index in [2.05, 4.69) is 0 Å². The van der Waals surface area contributed by atoms with Crippen molar-refractivity contribution in [3.8, 4) is 0 Å². The Balaban J connectivity index is 2.21. The third kappa shape index (κ3) is 3.21. The fourth-order valence-corrected chi connectivity index (χ4v) is 2.15. The highest BCUT2D eigenvalue weighted by atomic mass is 19.1. The number of aryl methyl sites for hydroxylation is 1. The van der Waals surface area contributed by atoms with Crippen LogP contribution in [0.5, 0.6) is 0 Å². The number of hydrogen-bond acceptors (Lipinski definition) is 2.